The van der Waals surface area contributed by atoms with E-state index in [-0.39, 0.29) is 17.4 Å². The van der Waals surface area contributed by atoms with Gasteiger partial charge >= 0.3 is 0 Å². The molecule has 3 nitrogen and oxygen atoms in total. The van der Waals surface area contributed by atoms with E-state index in [0.29, 0.717) is 6.54 Å². The Morgan fingerprint density at radius 2 is 1.52 bits per heavy atom. The van der Waals surface area contributed by atoms with Gasteiger partial charge in [-0.05, 0) is 35.7 Å². The highest BCUT2D eigenvalue weighted by molar-refractivity contribution is 5.84. The molecule has 0 aliphatic carbocycles. The lowest BCUT2D eigenvalue weighted by Crippen LogP contribution is -2.39. The highest BCUT2D eigenvalue weighted by Gasteiger charge is 2.43. The Hall–Kier alpha value is -3.14. The van der Waals surface area contributed by atoms with Crippen molar-refractivity contribution in [3.63, 3.8) is 0 Å². The first-order valence-corrected chi connectivity index (χ1v) is 9.09. The van der Waals surface area contributed by atoms with Gasteiger partial charge in [0.2, 0.25) is 0 Å². The lowest BCUT2D eigenvalue weighted by molar-refractivity contribution is 0.378. The summed E-state index contributed by atoms with van der Waals surface area (Å²) in [7, 11) is 0. The number of benzene rings is 3. The van der Waals surface area contributed by atoms with Gasteiger partial charge in [-0.2, -0.15) is 0 Å². The summed E-state index contributed by atoms with van der Waals surface area (Å²) >= 11 is 0. The van der Waals surface area contributed by atoms with Crippen LogP contribution in [0.1, 0.15) is 29.7 Å². The van der Waals surface area contributed by atoms with Crippen LogP contribution in [-0.4, -0.2) is 5.96 Å². The fraction of sp³-hybridized carbons (Fsp3) is 0.174. The quantitative estimate of drug-likeness (QED) is 0.718. The summed E-state index contributed by atoms with van der Waals surface area (Å²) in [6.45, 7) is 2.68. The predicted molar refractivity (Wildman–Crippen MR) is 107 cm³/mol. The van der Waals surface area contributed by atoms with Crippen LogP contribution in [0.5, 0.6) is 0 Å². The third-order valence-electron chi connectivity index (χ3n) is 5.08. The topological polar surface area (TPSA) is 36.4 Å². The van der Waals surface area contributed by atoms with Crippen molar-refractivity contribution in [1.82, 2.24) is 10.6 Å². The summed E-state index contributed by atoms with van der Waals surface area (Å²) in [6, 6.07) is 27.3. The molecule has 1 fully saturated rings. The Labute approximate surface area is 159 Å². The number of aliphatic imine (C=N–C) groups is 1. The van der Waals surface area contributed by atoms with E-state index >= 15 is 0 Å². The maximum absolute atomic E-state index is 13.1. The molecule has 1 heterocycles. The van der Waals surface area contributed by atoms with Gasteiger partial charge in [-0.3, -0.25) is 0 Å². The molecular formula is C23H22FN3. The van der Waals surface area contributed by atoms with Crippen molar-refractivity contribution in [3.05, 3.63) is 107 Å². The maximum Gasteiger partial charge on any atom is 0.192 e. The molecule has 27 heavy (non-hydrogen) atoms. The van der Waals surface area contributed by atoms with Gasteiger partial charge in [0.1, 0.15) is 5.82 Å². The third kappa shape index (κ3) is 3.56. The second kappa shape index (κ2) is 7.23. The van der Waals surface area contributed by atoms with Gasteiger partial charge in [0, 0.05) is 0 Å². The first kappa shape index (κ1) is 17.3. The van der Waals surface area contributed by atoms with Crippen LogP contribution in [0, 0.1) is 5.82 Å². The highest BCUT2D eigenvalue weighted by atomic mass is 19.1. The normalized spacial score (nSPS) is 23.0. The first-order chi connectivity index (χ1) is 13.1. The number of hydrogen-bond donors (Lipinski definition) is 2. The van der Waals surface area contributed by atoms with Crippen molar-refractivity contribution in [2.24, 2.45) is 4.99 Å². The Kier molecular flexibility index (Phi) is 4.63. The monoisotopic (exact) mass is 359 g/mol. The van der Waals surface area contributed by atoms with Crippen LogP contribution in [0.4, 0.5) is 4.39 Å². The molecule has 0 radical (unpaired) electrons. The van der Waals surface area contributed by atoms with E-state index in [4.69, 9.17) is 4.99 Å². The number of rotatable bonds is 4. The molecule has 3 aromatic rings. The average Bonchev–Trinajstić information content (AvgIpc) is 3.07. The number of nitrogens with zero attached hydrogens (tertiary/aromatic N) is 1. The molecule has 1 aliphatic rings. The third-order valence-corrected chi connectivity index (χ3v) is 5.08. The number of guanidine groups is 1. The first-order valence-electron chi connectivity index (χ1n) is 9.09. The minimum Gasteiger partial charge on any atom is -0.347 e. The summed E-state index contributed by atoms with van der Waals surface area (Å²) in [6.07, 6.45) is 0. The Morgan fingerprint density at radius 3 is 2.19 bits per heavy atom. The number of nitrogens with one attached hydrogen (secondary N) is 2. The van der Waals surface area contributed by atoms with Crippen LogP contribution >= 0.6 is 0 Å². The molecular weight excluding hydrogens is 337 g/mol. The largest absolute Gasteiger partial charge is 0.347 e. The van der Waals surface area contributed by atoms with Gasteiger partial charge in [-0.25, -0.2) is 9.38 Å². The van der Waals surface area contributed by atoms with Crippen molar-refractivity contribution in [3.8, 4) is 0 Å². The van der Waals surface area contributed by atoms with Gasteiger partial charge in [0.05, 0.1) is 18.1 Å². The van der Waals surface area contributed by atoms with Crippen molar-refractivity contribution < 1.29 is 4.39 Å². The zero-order valence-electron chi connectivity index (χ0n) is 15.2. The van der Waals surface area contributed by atoms with Gasteiger partial charge < -0.3 is 10.6 Å². The molecule has 1 aliphatic heterocycles. The standard InChI is InChI=1S/C23H22FN3/c1-23(19-10-6-3-7-11-19)21(18-8-4-2-5-9-18)26-22(27-23)25-16-17-12-14-20(24)15-13-17/h2-15,21H,16H2,1H3,(H2,25,26,27)/t21-,23+/m1/s1. The van der Waals surface area contributed by atoms with Crippen LogP contribution in [0.2, 0.25) is 0 Å². The Balaban J connectivity index is 1.65. The SMILES string of the molecule is C[C@@]1(c2ccccc2)NC(=NCc2ccc(F)cc2)N[C@@H]1c1ccccc1. The van der Waals surface area contributed by atoms with Crippen LogP contribution in [0.15, 0.2) is 89.9 Å². The van der Waals surface area contributed by atoms with Crippen molar-refractivity contribution in [2.45, 2.75) is 25.0 Å². The zero-order chi connectivity index (χ0) is 18.7. The van der Waals surface area contributed by atoms with Gasteiger partial charge in [-0.15, -0.1) is 0 Å². The van der Waals surface area contributed by atoms with Crippen LogP contribution in [-0.2, 0) is 12.1 Å². The lowest BCUT2D eigenvalue weighted by atomic mass is 9.82. The molecule has 1 saturated heterocycles. The molecule has 2 N–H and O–H groups in total. The minimum atomic E-state index is -0.329. The van der Waals surface area contributed by atoms with Gasteiger partial charge in [0.25, 0.3) is 0 Å². The maximum atomic E-state index is 13.1. The zero-order valence-corrected chi connectivity index (χ0v) is 15.2. The highest BCUT2D eigenvalue weighted by Crippen LogP contribution is 2.38. The van der Waals surface area contributed by atoms with Crippen molar-refractivity contribution in [2.75, 3.05) is 0 Å². The molecule has 2 atom stereocenters. The van der Waals surface area contributed by atoms with E-state index in [1.165, 1.54) is 23.3 Å². The molecule has 0 spiro atoms. The van der Waals surface area contributed by atoms with Crippen LogP contribution in [0.3, 0.4) is 0 Å². The summed E-state index contributed by atoms with van der Waals surface area (Å²) in [5.41, 5.74) is 3.03. The summed E-state index contributed by atoms with van der Waals surface area (Å²) < 4.78 is 13.1. The molecule has 4 rings (SSSR count). The van der Waals surface area contributed by atoms with Crippen LogP contribution in [0.25, 0.3) is 0 Å². The number of hydrogen-bond acceptors (Lipinski definition) is 1. The summed E-state index contributed by atoms with van der Waals surface area (Å²) in [5.74, 6) is 0.517. The average molecular weight is 359 g/mol. The van der Waals surface area contributed by atoms with Crippen molar-refractivity contribution in [1.29, 1.82) is 0 Å². The minimum absolute atomic E-state index is 0.0491. The fourth-order valence-electron chi connectivity index (χ4n) is 3.57. The predicted octanol–water partition coefficient (Wildman–Crippen LogP) is 4.53. The Morgan fingerprint density at radius 1 is 0.889 bits per heavy atom. The molecule has 0 bridgehead atoms. The van der Waals surface area contributed by atoms with E-state index in [9.17, 15) is 4.39 Å². The van der Waals surface area contributed by atoms with E-state index in [2.05, 4.69) is 66.1 Å². The molecule has 0 unspecified atom stereocenters. The fourth-order valence-corrected chi connectivity index (χ4v) is 3.57. The van der Waals surface area contributed by atoms with Gasteiger partial charge in [-0.1, -0.05) is 72.8 Å². The second-order valence-corrected chi connectivity index (χ2v) is 6.97. The summed E-state index contributed by atoms with van der Waals surface area (Å²) in [4.78, 5) is 4.69. The van der Waals surface area contributed by atoms with E-state index < -0.39 is 0 Å². The molecule has 0 amide bonds. The lowest BCUT2D eigenvalue weighted by Gasteiger charge is -2.31. The Bertz CT molecular complexity index is 923. The van der Waals surface area contributed by atoms with E-state index in [1.54, 1.807) is 12.1 Å². The van der Waals surface area contributed by atoms with Gasteiger partial charge in [0.15, 0.2) is 5.96 Å². The second-order valence-electron chi connectivity index (χ2n) is 6.97. The molecule has 0 saturated carbocycles. The molecule has 4 heteroatoms. The van der Waals surface area contributed by atoms with E-state index in [1.807, 2.05) is 12.1 Å². The smallest absolute Gasteiger partial charge is 0.192 e. The summed E-state index contributed by atoms with van der Waals surface area (Å²) in [5, 5.41) is 7.12. The molecule has 0 aromatic heterocycles. The van der Waals surface area contributed by atoms with Crippen molar-refractivity contribution >= 4 is 5.96 Å². The van der Waals surface area contributed by atoms with Crippen LogP contribution < -0.4 is 10.6 Å². The van der Waals surface area contributed by atoms with E-state index in [0.717, 1.165) is 11.5 Å². The number of halogens is 1. The molecule has 136 valence electrons. The molecule has 3 aromatic carbocycles.